The third kappa shape index (κ3) is 6.90. The maximum absolute atomic E-state index is 12.9. The van der Waals surface area contributed by atoms with Gasteiger partial charge < -0.3 is 30.8 Å². The van der Waals surface area contributed by atoms with Gasteiger partial charge in [-0.25, -0.2) is 4.98 Å². The van der Waals surface area contributed by atoms with E-state index in [0.717, 1.165) is 11.4 Å². The second-order valence-electron chi connectivity index (χ2n) is 8.94. The summed E-state index contributed by atoms with van der Waals surface area (Å²) in [6, 6.07) is 14.4. The van der Waals surface area contributed by atoms with Crippen molar-refractivity contribution in [2.24, 2.45) is 12.8 Å². The van der Waals surface area contributed by atoms with Crippen LogP contribution in [0, 0.1) is 5.41 Å². The normalized spacial score (nSPS) is 10.9. The topological polar surface area (TPSA) is 145 Å². The van der Waals surface area contributed by atoms with Crippen molar-refractivity contribution in [1.29, 1.82) is 5.41 Å². The fourth-order valence-electron chi connectivity index (χ4n) is 4.15. The highest BCUT2D eigenvalue weighted by molar-refractivity contribution is 6.18. The van der Waals surface area contributed by atoms with Gasteiger partial charge in [0.25, 0.3) is 11.8 Å². The van der Waals surface area contributed by atoms with Crippen molar-refractivity contribution in [2.45, 2.75) is 6.42 Å². The lowest BCUT2D eigenvalue weighted by Crippen LogP contribution is -2.27. The summed E-state index contributed by atoms with van der Waals surface area (Å²) in [6.07, 6.45) is 2.10. The summed E-state index contributed by atoms with van der Waals surface area (Å²) >= 11 is 11.8. The van der Waals surface area contributed by atoms with Crippen LogP contribution in [-0.2, 0) is 7.05 Å². The Hall–Kier alpha value is -4.02. The van der Waals surface area contributed by atoms with Gasteiger partial charge in [-0.2, -0.15) is 0 Å². The van der Waals surface area contributed by atoms with Crippen molar-refractivity contribution in [1.82, 2.24) is 19.9 Å². The van der Waals surface area contributed by atoms with E-state index in [2.05, 4.69) is 25.5 Å². The second-order valence-corrected chi connectivity index (χ2v) is 9.70. The Morgan fingerprint density at radius 1 is 1.05 bits per heavy atom. The molecule has 0 aliphatic rings. The zero-order valence-corrected chi connectivity index (χ0v) is 22.9. The average Bonchev–Trinajstić information content (AvgIpc) is 3.50. The smallest absolute Gasteiger partial charge is 0.255 e. The van der Waals surface area contributed by atoms with Gasteiger partial charge in [0.15, 0.2) is 5.82 Å². The molecule has 0 aliphatic heterocycles. The molecule has 0 atom stereocenters. The van der Waals surface area contributed by atoms with Crippen molar-refractivity contribution >= 4 is 63.3 Å². The van der Waals surface area contributed by atoms with E-state index >= 15 is 0 Å². The molecule has 2 aromatic carbocycles. The Labute approximate surface area is 236 Å². The number of halogens is 2. The molecule has 0 bridgehead atoms. The van der Waals surface area contributed by atoms with Crippen LogP contribution < -0.4 is 21.3 Å². The van der Waals surface area contributed by atoms with E-state index in [0.29, 0.717) is 71.5 Å². The average molecular weight is 569 g/mol. The number of aromatic nitrogens is 3. The number of rotatable bonds is 12. The Morgan fingerprint density at radius 2 is 1.74 bits per heavy atom. The minimum atomic E-state index is -0.253. The van der Waals surface area contributed by atoms with Crippen LogP contribution in [0.15, 0.2) is 54.7 Å². The molecule has 0 spiro atoms. The van der Waals surface area contributed by atoms with E-state index in [9.17, 15) is 9.59 Å². The van der Waals surface area contributed by atoms with E-state index in [1.54, 1.807) is 30.3 Å². The van der Waals surface area contributed by atoms with Crippen molar-refractivity contribution in [3.05, 3.63) is 65.9 Å². The maximum atomic E-state index is 12.9. The van der Waals surface area contributed by atoms with Crippen LogP contribution >= 0.6 is 23.2 Å². The lowest BCUT2D eigenvalue weighted by atomic mass is 10.1. The maximum Gasteiger partial charge on any atom is 0.255 e. The first-order chi connectivity index (χ1) is 18.8. The number of nitrogens with zero attached hydrogens (tertiary/aromatic N) is 3. The molecule has 6 N–H and O–H groups in total. The summed E-state index contributed by atoms with van der Waals surface area (Å²) in [7, 11) is 1.86. The summed E-state index contributed by atoms with van der Waals surface area (Å²) in [5, 5.41) is 12.9. The summed E-state index contributed by atoms with van der Waals surface area (Å²) in [6.45, 7) is 1.64. The van der Waals surface area contributed by atoms with Gasteiger partial charge >= 0.3 is 0 Å². The first kappa shape index (κ1) is 28.0. The van der Waals surface area contributed by atoms with Crippen molar-refractivity contribution < 1.29 is 9.59 Å². The molecule has 4 aromatic rings. The number of imidazole rings is 1. The van der Waals surface area contributed by atoms with Gasteiger partial charge in [0.1, 0.15) is 0 Å². The number of aromatic amines is 1. The van der Waals surface area contributed by atoms with Gasteiger partial charge in [0, 0.05) is 67.9 Å². The molecule has 0 saturated carbocycles. The Balaban J connectivity index is 1.46. The number of alkyl halides is 2. The van der Waals surface area contributed by atoms with E-state index < -0.39 is 0 Å². The first-order valence-corrected chi connectivity index (χ1v) is 13.4. The van der Waals surface area contributed by atoms with Crippen LogP contribution in [0.4, 0.5) is 11.4 Å². The lowest BCUT2D eigenvalue weighted by Gasteiger charge is -2.22. The number of anilines is 2. The highest BCUT2D eigenvalue weighted by atomic mass is 35.5. The van der Waals surface area contributed by atoms with Crippen LogP contribution in [-0.4, -0.2) is 63.6 Å². The molecule has 2 aromatic heterocycles. The summed E-state index contributed by atoms with van der Waals surface area (Å²) in [5.74, 6) is 1.11. The SMILES string of the molecule is Cn1cc(NC(=O)c2ccc(N(CCCl)CCCl)cc2)cc1-c1nc2ccc(C(=O)NCCC(=N)N)cc2[nH]1. The number of carbonyl (C=O) groups excluding carboxylic acids is 2. The van der Waals surface area contributed by atoms with E-state index in [-0.39, 0.29) is 17.6 Å². The van der Waals surface area contributed by atoms with Crippen molar-refractivity contribution in [3.63, 3.8) is 0 Å². The van der Waals surface area contributed by atoms with Gasteiger partial charge in [-0.1, -0.05) is 0 Å². The Morgan fingerprint density at radius 3 is 2.41 bits per heavy atom. The van der Waals surface area contributed by atoms with Crippen molar-refractivity contribution in [3.8, 4) is 11.5 Å². The number of amides is 2. The molecular weight excluding hydrogens is 539 g/mol. The fraction of sp³-hybridized carbons (Fsp3) is 0.259. The van der Waals surface area contributed by atoms with Gasteiger partial charge in [-0.05, 0) is 48.5 Å². The number of hydrogen-bond donors (Lipinski definition) is 5. The number of nitrogens with one attached hydrogen (secondary N) is 4. The zero-order chi connectivity index (χ0) is 27.9. The first-order valence-electron chi connectivity index (χ1n) is 12.3. The van der Waals surface area contributed by atoms with Crippen LogP contribution in [0.5, 0.6) is 0 Å². The number of amidine groups is 1. The Bertz CT molecular complexity index is 1470. The molecule has 2 heterocycles. The number of aryl methyl sites for hydroxylation is 1. The summed E-state index contributed by atoms with van der Waals surface area (Å²) in [4.78, 5) is 35.3. The zero-order valence-electron chi connectivity index (χ0n) is 21.4. The van der Waals surface area contributed by atoms with Crippen LogP contribution in [0.2, 0.25) is 0 Å². The van der Waals surface area contributed by atoms with Gasteiger partial charge in [-0.3, -0.25) is 15.0 Å². The summed E-state index contributed by atoms with van der Waals surface area (Å²) in [5.41, 5.74) is 10.1. The monoisotopic (exact) mass is 568 g/mol. The van der Waals surface area contributed by atoms with Crippen molar-refractivity contribution in [2.75, 3.05) is 41.6 Å². The highest BCUT2D eigenvalue weighted by Crippen LogP contribution is 2.26. The molecular formula is C27H30Cl2N8O2. The molecule has 204 valence electrons. The van der Waals surface area contributed by atoms with E-state index in [4.69, 9.17) is 34.3 Å². The standard InChI is InChI=1S/C27H30Cl2N8O2/c1-36-16-19(33-27(39)17-2-5-20(6-3-17)37(12-9-28)13-10-29)15-23(36)25-34-21-7-4-18(14-22(21)35-25)26(38)32-11-8-24(30)31/h2-7,14-16H,8-13H2,1H3,(H3,30,31)(H,32,38)(H,33,39)(H,34,35). The van der Waals surface area contributed by atoms with Gasteiger partial charge in [-0.15, -0.1) is 23.2 Å². The largest absolute Gasteiger partial charge is 0.388 e. The number of hydrogen-bond acceptors (Lipinski definition) is 5. The Kier molecular flexibility index (Phi) is 9.11. The predicted molar refractivity (Wildman–Crippen MR) is 157 cm³/mol. The number of nitrogens with two attached hydrogens (primary N) is 1. The molecule has 39 heavy (non-hydrogen) atoms. The molecule has 4 rings (SSSR count). The highest BCUT2D eigenvalue weighted by Gasteiger charge is 2.15. The number of carbonyl (C=O) groups is 2. The van der Waals surface area contributed by atoms with Gasteiger partial charge in [0.2, 0.25) is 0 Å². The van der Waals surface area contributed by atoms with E-state index in [1.165, 1.54) is 0 Å². The third-order valence-corrected chi connectivity index (χ3v) is 6.47. The molecule has 0 radical (unpaired) electrons. The molecule has 2 amide bonds. The lowest BCUT2D eigenvalue weighted by molar-refractivity contribution is 0.0954. The predicted octanol–water partition coefficient (Wildman–Crippen LogP) is 4.16. The second kappa shape index (κ2) is 12.7. The molecule has 0 fully saturated rings. The molecule has 0 unspecified atom stereocenters. The molecule has 0 saturated heterocycles. The van der Waals surface area contributed by atoms with Crippen LogP contribution in [0.25, 0.3) is 22.6 Å². The molecule has 0 aliphatic carbocycles. The molecule has 12 heteroatoms. The number of benzene rings is 2. The van der Waals surface area contributed by atoms with Crippen LogP contribution in [0.1, 0.15) is 27.1 Å². The van der Waals surface area contributed by atoms with E-state index in [1.807, 2.05) is 36.0 Å². The molecule has 10 nitrogen and oxygen atoms in total. The number of fused-ring (bicyclic) bond motifs is 1. The fourth-order valence-corrected chi connectivity index (χ4v) is 4.56. The van der Waals surface area contributed by atoms with Crippen LogP contribution in [0.3, 0.4) is 0 Å². The quantitative estimate of drug-likeness (QED) is 0.0989. The minimum absolute atomic E-state index is 0.0209. The third-order valence-electron chi connectivity index (χ3n) is 6.13. The summed E-state index contributed by atoms with van der Waals surface area (Å²) < 4.78 is 1.86. The number of H-pyrrole nitrogens is 1. The van der Waals surface area contributed by atoms with Gasteiger partial charge in [0.05, 0.1) is 28.3 Å². The minimum Gasteiger partial charge on any atom is -0.388 e.